The Balaban J connectivity index is 1.22. The first-order valence-corrected chi connectivity index (χ1v) is 20.4. The van der Waals surface area contributed by atoms with Gasteiger partial charge in [-0.15, -0.1) is 0 Å². The van der Waals surface area contributed by atoms with Crippen molar-refractivity contribution < 1.29 is 32.3 Å². The van der Waals surface area contributed by atoms with Crippen molar-refractivity contribution in [2.45, 2.75) is 84.4 Å². The molecule has 0 radical (unpaired) electrons. The van der Waals surface area contributed by atoms with Gasteiger partial charge in [-0.25, -0.2) is 0 Å². The van der Waals surface area contributed by atoms with E-state index in [1.54, 1.807) is 12.3 Å². The number of benzene rings is 5. The fourth-order valence-electron chi connectivity index (χ4n) is 8.50. The summed E-state index contributed by atoms with van der Waals surface area (Å²) >= 11 is 2.08. The quantitative estimate of drug-likeness (QED) is 0.172. The van der Waals surface area contributed by atoms with Gasteiger partial charge in [0.05, 0.1) is 0 Å². The van der Waals surface area contributed by atoms with Crippen molar-refractivity contribution in [2.75, 3.05) is 0 Å². The zero-order chi connectivity index (χ0) is 44.3. The Hall–Kier alpha value is -4.99. The average Bonchev–Trinajstić information content (AvgIpc) is 3.69. The topological polar surface area (TPSA) is 36.9 Å². The molecule has 0 aliphatic heterocycles. The third-order valence-corrected chi connectivity index (χ3v) is 12.9. The van der Waals surface area contributed by atoms with E-state index in [1.165, 1.54) is 21.3 Å². The standard InChI is InChI=1S/C50H50N4O.Pt/c1-32-25-47(51-30-40(32)33-17-19-34(20-18-33)48(2,3)4)54-45-27-37(55-36-14-12-13-35(26-36)53-31-52(9)43-15-10-11-16-44(43)53)21-22-38(45)39-28-41-42(29-46(39)54)50(7,8)24-23-49(41,5)6;/h10-22,25-30H,23-24H2,1-9H3;/i1D3,9D3;. The summed E-state index contributed by atoms with van der Waals surface area (Å²) in [6.07, 6.45) is 3.83. The molecule has 6 heteroatoms. The number of aromatic nitrogens is 4. The van der Waals surface area contributed by atoms with E-state index in [0.717, 1.165) is 51.4 Å². The SMILES string of the molecule is [2H]C([2H])([2H])c1cc(-n2c3cc(Oc4cccc(-n5[c](=[Pt])n(C([2H])([2H])[2H])c6ccccc65)c4)ccc3c3cc4c(cc32)C(C)(C)CCC4(C)C)ncc1-c1ccc(C(C)(C)C)cc1. The van der Waals surface area contributed by atoms with Crippen LogP contribution in [0.1, 0.15) is 91.8 Å². The van der Waals surface area contributed by atoms with Crippen molar-refractivity contribution in [1.82, 2.24) is 18.7 Å². The third-order valence-electron chi connectivity index (χ3n) is 11.9. The van der Waals surface area contributed by atoms with Gasteiger partial charge in [0.25, 0.3) is 0 Å². The van der Waals surface area contributed by atoms with Crippen molar-refractivity contribution in [3.8, 4) is 34.1 Å². The molecular weight excluding hydrogens is 868 g/mol. The van der Waals surface area contributed by atoms with Gasteiger partial charge in [-0.05, 0) is 63.8 Å². The van der Waals surface area contributed by atoms with E-state index in [1.807, 2.05) is 77.4 Å². The van der Waals surface area contributed by atoms with E-state index in [-0.39, 0.29) is 21.8 Å². The van der Waals surface area contributed by atoms with Gasteiger partial charge in [-0.1, -0.05) is 72.7 Å². The molecule has 8 aromatic rings. The smallest absolute Gasteiger partial charge is 0.0579 e. The summed E-state index contributed by atoms with van der Waals surface area (Å²) in [6, 6.07) is 35.7. The van der Waals surface area contributed by atoms with E-state index < -0.39 is 13.8 Å². The molecule has 1 aliphatic carbocycles. The molecule has 1 aliphatic rings. The molecule has 5 nitrogen and oxygen atoms in total. The molecular formula is C50H50N4OPt. The van der Waals surface area contributed by atoms with Gasteiger partial charge in [-0.3, -0.25) is 0 Å². The minimum absolute atomic E-state index is 0.0237. The van der Waals surface area contributed by atoms with Gasteiger partial charge in [0.15, 0.2) is 0 Å². The molecule has 9 rings (SSSR count). The second-order valence-corrected chi connectivity index (χ2v) is 18.6. The zero-order valence-electron chi connectivity index (χ0n) is 38.9. The number of rotatable bonds is 5. The molecule has 0 bridgehead atoms. The summed E-state index contributed by atoms with van der Waals surface area (Å²) in [4.78, 5) is 5.06. The monoisotopic (exact) mass is 923 g/mol. The second-order valence-electron chi connectivity index (χ2n) is 17.6. The minimum atomic E-state index is -2.41. The maximum atomic E-state index is 8.75. The number of hydrogen-bond donors (Lipinski definition) is 0. The van der Waals surface area contributed by atoms with Gasteiger partial charge in [0.2, 0.25) is 0 Å². The minimum Gasteiger partial charge on any atom is -0.0579 e. The Morgan fingerprint density at radius 3 is 2.11 bits per heavy atom. The first kappa shape index (κ1) is 30.2. The number of ether oxygens (including phenoxy) is 1. The van der Waals surface area contributed by atoms with Crippen LogP contribution < -0.4 is 4.74 Å². The van der Waals surface area contributed by atoms with E-state index >= 15 is 0 Å². The summed E-state index contributed by atoms with van der Waals surface area (Å²) in [5, 5.41) is 2.07. The van der Waals surface area contributed by atoms with Crippen LogP contribution in [0.3, 0.4) is 0 Å². The van der Waals surface area contributed by atoms with E-state index in [4.69, 9.17) is 17.9 Å². The van der Waals surface area contributed by atoms with Crippen LogP contribution in [0.4, 0.5) is 0 Å². The molecule has 0 spiro atoms. The zero-order valence-corrected chi connectivity index (χ0v) is 35.2. The van der Waals surface area contributed by atoms with Gasteiger partial charge >= 0.3 is 198 Å². The Bertz CT molecular complexity index is 3140. The summed E-state index contributed by atoms with van der Waals surface area (Å²) in [6.45, 7) is 11.0. The van der Waals surface area contributed by atoms with Gasteiger partial charge in [0, 0.05) is 15.9 Å². The molecule has 0 saturated carbocycles. The molecule has 3 aromatic heterocycles. The number of para-hydroxylation sites is 2. The van der Waals surface area contributed by atoms with Gasteiger partial charge in [0.1, 0.15) is 0 Å². The van der Waals surface area contributed by atoms with Gasteiger partial charge in [-0.2, -0.15) is 0 Å². The summed E-state index contributed by atoms with van der Waals surface area (Å²) in [5.41, 5.74) is 9.19. The fourth-order valence-corrected chi connectivity index (χ4v) is 9.34. The number of fused-ring (bicyclic) bond motifs is 5. The van der Waals surface area contributed by atoms with Crippen LogP contribution in [-0.4, -0.2) is 18.7 Å². The Morgan fingerprint density at radius 2 is 1.39 bits per heavy atom. The molecule has 0 atom stereocenters. The van der Waals surface area contributed by atoms with Crippen LogP contribution in [0.25, 0.3) is 55.5 Å². The Morgan fingerprint density at radius 1 is 0.696 bits per heavy atom. The van der Waals surface area contributed by atoms with Crippen LogP contribution in [0.15, 0.2) is 115 Å². The third kappa shape index (κ3) is 6.02. The Labute approximate surface area is 349 Å². The number of hydrogen-bond acceptors (Lipinski definition) is 2. The predicted molar refractivity (Wildman–Crippen MR) is 228 cm³/mol. The molecule has 0 N–H and O–H groups in total. The van der Waals surface area contributed by atoms with Crippen LogP contribution in [0.5, 0.6) is 11.5 Å². The van der Waals surface area contributed by atoms with Crippen molar-refractivity contribution in [1.29, 1.82) is 0 Å². The van der Waals surface area contributed by atoms with Crippen LogP contribution >= 0.6 is 0 Å². The molecule has 0 fully saturated rings. The van der Waals surface area contributed by atoms with Gasteiger partial charge < -0.3 is 0 Å². The number of pyridine rings is 1. The number of aryl methyl sites for hydroxylation is 2. The van der Waals surface area contributed by atoms with Crippen LogP contribution in [-0.2, 0) is 42.6 Å². The maximum absolute atomic E-state index is 8.75. The second kappa shape index (κ2) is 13.0. The predicted octanol–water partition coefficient (Wildman–Crippen LogP) is 13.0. The molecule has 3 heterocycles. The molecule has 0 saturated heterocycles. The normalized spacial score (nSPS) is 17.2. The molecule has 0 amide bonds. The van der Waals surface area contributed by atoms with Crippen LogP contribution in [0, 0.1) is 10.7 Å². The fraction of sp³-hybridized carbons (Fsp3) is 0.280. The van der Waals surface area contributed by atoms with Crippen molar-refractivity contribution in [2.24, 2.45) is 6.98 Å². The van der Waals surface area contributed by atoms with E-state index in [0.29, 0.717) is 32.2 Å². The van der Waals surface area contributed by atoms with Crippen molar-refractivity contribution >= 4 is 32.8 Å². The Kier molecular flexibility index (Phi) is 7.02. The molecule has 5 aromatic carbocycles. The molecule has 286 valence electrons. The summed E-state index contributed by atoms with van der Waals surface area (Å²) in [5.74, 6) is 1.66. The number of imidazole rings is 1. The van der Waals surface area contributed by atoms with Crippen molar-refractivity contribution in [3.63, 3.8) is 0 Å². The average molecular weight is 924 g/mol. The summed E-state index contributed by atoms with van der Waals surface area (Å²) < 4.78 is 63.7. The molecule has 56 heavy (non-hydrogen) atoms. The van der Waals surface area contributed by atoms with Crippen molar-refractivity contribution in [3.05, 3.63) is 141 Å². The van der Waals surface area contributed by atoms with E-state index in [2.05, 4.69) is 103 Å². The number of nitrogens with zero attached hydrogens (tertiary/aromatic N) is 4. The first-order chi connectivity index (χ1) is 29.0. The first-order valence-electron chi connectivity index (χ1n) is 22.2. The summed E-state index contributed by atoms with van der Waals surface area (Å²) in [7, 11) is 0. The molecule has 0 unspecified atom stereocenters. The van der Waals surface area contributed by atoms with Crippen LogP contribution in [0.2, 0.25) is 0 Å². The van der Waals surface area contributed by atoms with E-state index in [9.17, 15) is 0 Å².